The third-order valence-electron chi connectivity index (χ3n) is 3.00. The van der Waals surface area contributed by atoms with Gasteiger partial charge in [0.15, 0.2) is 5.78 Å². The van der Waals surface area contributed by atoms with Gasteiger partial charge < -0.3 is 4.74 Å². The van der Waals surface area contributed by atoms with Crippen molar-refractivity contribution in [2.75, 3.05) is 6.61 Å². The van der Waals surface area contributed by atoms with Crippen molar-refractivity contribution in [3.8, 4) is 0 Å². The Bertz CT molecular complexity index is 231. The molecule has 0 aromatic rings. The van der Waals surface area contributed by atoms with Gasteiger partial charge in [-0.05, 0) is 32.3 Å². The molecular weight excluding hydrogens is 212 g/mol. The first-order valence-electron chi connectivity index (χ1n) is 6.95. The lowest BCUT2D eigenvalue weighted by molar-refractivity contribution is -0.116. The van der Waals surface area contributed by atoms with Crippen LogP contribution in [-0.2, 0) is 9.53 Å². The van der Waals surface area contributed by atoms with Gasteiger partial charge in [0.25, 0.3) is 0 Å². The lowest BCUT2D eigenvalue weighted by Crippen LogP contribution is -2.14. The number of allylic oxidation sites excluding steroid dienone is 2. The molecule has 17 heavy (non-hydrogen) atoms. The topological polar surface area (TPSA) is 26.3 Å². The number of rotatable bonds is 10. The minimum atomic E-state index is 0.190. The van der Waals surface area contributed by atoms with Gasteiger partial charge in [0.05, 0.1) is 12.7 Å². The van der Waals surface area contributed by atoms with Crippen LogP contribution in [0.25, 0.3) is 0 Å². The molecule has 2 heteroatoms. The van der Waals surface area contributed by atoms with Crippen molar-refractivity contribution >= 4 is 5.78 Å². The van der Waals surface area contributed by atoms with Gasteiger partial charge in [-0.3, -0.25) is 4.79 Å². The molecule has 2 nitrogen and oxygen atoms in total. The van der Waals surface area contributed by atoms with Gasteiger partial charge in [0.1, 0.15) is 0 Å². The van der Waals surface area contributed by atoms with Crippen molar-refractivity contribution < 1.29 is 9.53 Å². The average Bonchev–Trinajstić information content (AvgIpc) is 2.33. The molecule has 1 atom stereocenters. The SMILES string of the molecule is CCCCC(CC)OCCC(=O)C=C(C)CC. The average molecular weight is 240 g/mol. The van der Waals surface area contributed by atoms with Crippen LogP contribution >= 0.6 is 0 Å². The Balaban J connectivity index is 3.77. The fourth-order valence-electron chi connectivity index (χ4n) is 1.61. The molecule has 0 aliphatic carbocycles. The van der Waals surface area contributed by atoms with Gasteiger partial charge in [0, 0.05) is 6.42 Å². The lowest BCUT2D eigenvalue weighted by atomic mass is 10.1. The summed E-state index contributed by atoms with van der Waals surface area (Å²) < 4.78 is 5.73. The zero-order chi connectivity index (χ0) is 13.1. The maximum atomic E-state index is 11.5. The van der Waals surface area contributed by atoms with Crippen LogP contribution in [0.1, 0.15) is 66.2 Å². The Labute approximate surface area is 106 Å². The lowest BCUT2D eigenvalue weighted by Gasteiger charge is -2.15. The van der Waals surface area contributed by atoms with E-state index in [0.717, 1.165) is 24.8 Å². The number of ether oxygens (including phenoxy) is 1. The van der Waals surface area contributed by atoms with Crippen molar-refractivity contribution in [1.82, 2.24) is 0 Å². The van der Waals surface area contributed by atoms with Crippen molar-refractivity contribution in [3.05, 3.63) is 11.6 Å². The van der Waals surface area contributed by atoms with E-state index in [4.69, 9.17) is 4.74 Å². The highest BCUT2D eigenvalue weighted by molar-refractivity contribution is 5.90. The van der Waals surface area contributed by atoms with Crippen LogP contribution in [-0.4, -0.2) is 18.5 Å². The summed E-state index contributed by atoms with van der Waals surface area (Å²) in [5, 5.41) is 0. The van der Waals surface area contributed by atoms with Crippen LogP contribution in [0.2, 0.25) is 0 Å². The van der Waals surface area contributed by atoms with Crippen molar-refractivity contribution in [2.45, 2.75) is 72.3 Å². The predicted octanol–water partition coefficient (Wildman–Crippen LogP) is 4.29. The van der Waals surface area contributed by atoms with E-state index in [9.17, 15) is 4.79 Å². The molecule has 0 spiro atoms. The highest BCUT2D eigenvalue weighted by Gasteiger charge is 2.06. The summed E-state index contributed by atoms with van der Waals surface area (Å²) >= 11 is 0. The summed E-state index contributed by atoms with van der Waals surface area (Å²) in [6.45, 7) is 8.95. The molecule has 0 saturated carbocycles. The van der Waals surface area contributed by atoms with Crippen molar-refractivity contribution in [2.24, 2.45) is 0 Å². The Hall–Kier alpha value is -0.630. The van der Waals surface area contributed by atoms with E-state index in [-0.39, 0.29) is 5.78 Å². The van der Waals surface area contributed by atoms with Gasteiger partial charge in [-0.25, -0.2) is 0 Å². The third-order valence-corrected chi connectivity index (χ3v) is 3.00. The summed E-state index contributed by atoms with van der Waals surface area (Å²) in [7, 11) is 0. The molecule has 0 bridgehead atoms. The number of hydrogen-bond donors (Lipinski definition) is 0. The van der Waals surface area contributed by atoms with E-state index in [1.807, 2.05) is 6.92 Å². The summed E-state index contributed by atoms with van der Waals surface area (Å²) in [6, 6.07) is 0. The molecule has 0 amide bonds. The van der Waals surface area contributed by atoms with Crippen LogP contribution in [0.4, 0.5) is 0 Å². The second kappa shape index (κ2) is 10.5. The molecule has 0 radical (unpaired) electrons. The van der Waals surface area contributed by atoms with Crippen LogP contribution in [0.15, 0.2) is 11.6 Å². The van der Waals surface area contributed by atoms with Crippen LogP contribution < -0.4 is 0 Å². The first kappa shape index (κ1) is 16.4. The molecule has 0 aliphatic rings. The van der Waals surface area contributed by atoms with Gasteiger partial charge >= 0.3 is 0 Å². The molecule has 0 saturated heterocycles. The summed E-state index contributed by atoms with van der Waals surface area (Å²) in [6.07, 6.45) is 8.11. The summed E-state index contributed by atoms with van der Waals surface area (Å²) in [5.41, 5.74) is 1.15. The zero-order valence-electron chi connectivity index (χ0n) is 11.9. The van der Waals surface area contributed by atoms with Crippen molar-refractivity contribution in [3.63, 3.8) is 0 Å². The summed E-state index contributed by atoms with van der Waals surface area (Å²) in [5.74, 6) is 0.190. The molecule has 0 aromatic carbocycles. The van der Waals surface area contributed by atoms with Crippen LogP contribution in [0, 0.1) is 0 Å². The standard InChI is InChI=1S/C15H28O2/c1-5-8-9-15(7-3)17-11-10-14(16)12-13(4)6-2/h12,15H,5-11H2,1-4H3. The van der Waals surface area contributed by atoms with Crippen molar-refractivity contribution in [1.29, 1.82) is 0 Å². The van der Waals surface area contributed by atoms with E-state index in [2.05, 4.69) is 20.8 Å². The number of carbonyl (C=O) groups excluding carboxylic acids is 1. The van der Waals surface area contributed by atoms with E-state index in [1.165, 1.54) is 12.8 Å². The number of hydrogen-bond acceptors (Lipinski definition) is 2. The minimum Gasteiger partial charge on any atom is -0.378 e. The van der Waals surface area contributed by atoms with Gasteiger partial charge in [-0.15, -0.1) is 0 Å². The van der Waals surface area contributed by atoms with E-state index in [1.54, 1.807) is 6.08 Å². The molecule has 100 valence electrons. The first-order chi connectivity index (χ1) is 8.13. The largest absolute Gasteiger partial charge is 0.378 e. The Morgan fingerprint density at radius 2 is 2.00 bits per heavy atom. The fraction of sp³-hybridized carbons (Fsp3) is 0.800. The number of unbranched alkanes of at least 4 members (excludes halogenated alkanes) is 1. The molecule has 0 aliphatic heterocycles. The van der Waals surface area contributed by atoms with Crippen LogP contribution in [0.3, 0.4) is 0 Å². The van der Waals surface area contributed by atoms with Gasteiger partial charge in [0.2, 0.25) is 0 Å². The summed E-state index contributed by atoms with van der Waals surface area (Å²) in [4.78, 5) is 11.5. The monoisotopic (exact) mass is 240 g/mol. The quantitative estimate of drug-likeness (QED) is 0.532. The van der Waals surface area contributed by atoms with E-state index in [0.29, 0.717) is 19.1 Å². The smallest absolute Gasteiger partial charge is 0.157 e. The molecule has 0 fully saturated rings. The minimum absolute atomic E-state index is 0.190. The molecular formula is C15H28O2. The highest BCUT2D eigenvalue weighted by atomic mass is 16.5. The Morgan fingerprint density at radius 1 is 1.29 bits per heavy atom. The Kier molecular flexibility index (Phi) is 10.1. The predicted molar refractivity (Wildman–Crippen MR) is 73.2 cm³/mol. The highest BCUT2D eigenvalue weighted by Crippen LogP contribution is 2.09. The number of ketones is 1. The fourth-order valence-corrected chi connectivity index (χ4v) is 1.61. The first-order valence-corrected chi connectivity index (χ1v) is 6.95. The van der Waals surface area contributed by atoms with E-state index >= 15 is 0 Å². The maximum absolute atomic E-state index is 11.5. The zero-order valence-corrected chi connectivity index (χ0v) is 11.9. The molecule has 1 unspecified atom stereocenters. The third kappa shape index (κ3) is 9.11. The normalized spacial score (nSPS) is 13.8. The second-order valence-electron chi connectivity index (χ2n) is 4.60. The molecule has 0 heterocycles. The number of carbonyl (C=O) groups is 1. The molecule has 0 aromatic heterocycles. The molecule has 0 N–H and O–H groups in total. The van der Waals surface area contributed by atoms with Gasteiger partial charge in [-0.1, -0.05) is 39.2 Å². The van der Waals surface area contributed by atoms with Gasteiger partial charge in [-0.2, -0.15) is 0 Å². The van der Waals surface area contributed by atoms with E-state index < -0.39 is 0 Å². The second-order valence-corrected chi connectivity index (χ2v) is 4.60. The molecule has 0 rings (SSSR count). The van der Waals surface area contributed by atoms with Crippen LogP contribution in [0.5, 0.6) is 0 Å². The maximum Gasteiger partial charge on any atom is 0.157 e. The Morgan fingerprint density at radius 3 is 2.53 bits per heavy atom.